The molecule has 0 aliphatic carbocycles. The molecule has 3 aromatic carbocycles. The van der Waals surface area contributed by atoms with Crippen molar-refractivity contribution in [2.45, 2.75) is 12.3 Å². The molecule has 186 valence electrons. The molecule has 9 nitrogen and oxygen atoms in total. The fourth-order valence-corrected chi connectivity index (χ4v) is 4.24. The zero-order valence-electron chi connectivity index (χ0n) is 19.8. The van der Waals surface area contributed by atoms with Gasteiger partial charge in [0, 0.05) is 28.7 Å². The number of phenols is 3. The van der Waals surface area contributed by atoms with Crippen LogP contribution in [-0.2, 0) is 9.53 Å². The average Bonchev–Trinajstić information content (AvgIpc) is 2.90. The molecule has 0 aliphatic rings. The van der Waals surface area contributed by atoms with E-state index in [1.54, 1.807) is 48.5 Å². The predicted molar refractivity (Wildman–Crippen MR) is 131 cm³/mol. The normalized spacial score (nSPS) is 11.8. The van der Waals surface area contributed by atoms with Crippen LogP contribution < -0.4 is 14.9 Å². The van der Waals surface area contributed by atoms with Crippen molar-refractivity contribution < 1.29 is 38.7 Å². The van der Waals surface area contributed by atoms with E-state index < -0.39 is 34.6 Å². The predicted octanol–water partition coefficient (Wildman–Crippen LogP) is 4.29. The second-order valence-electron chi connectivity index (χ2n) is 7.92. The van der Waals surface area contributed by atoms with Crippen molar-refractivity contribution >= 4 is 16.9 Å². The number of hydrogen-bond acceptors (Lipinski definition) is 9. The van der Waals surface area contributed by atoms with Gasteiger partial charge >= 0.3 is 5.97 Å². The van der Waals surface area contributed by atoms with E-state index in [1.807, 2.05) is 0 Å². The van der Waals surface area contributed by atoms with E-state index >= 15 is 0 Å². The fraction of sp³-hybridized carbons (Fsp3) is 0.185. The van der Waals surface area contributed by atoms with Crippen molar-refractivity contribution in [1.82, 2.24) is 0 Å². The highest BCUT2D eigenvalue weighted by atomic mass is 16.5. The third-order valence-electron chi connectivity index (χ3n) is 5.95. The van der Waals surface area contributed by atoms with Crippen LogP contribution in [0, 0.1) is 0 Å². The van der Waals surface area contributed by atoms with E-state index in [0.29, 0.717) is 16.9 Å². The molecular formula is C27H24O9. The quantitative estimate of drug-likeness (QED) is 0.255. The van der Waals surface area contributed by atoms with Gasteiger partial charge in [0.2, 0.25) is 5.75 Å². The fourth-order valence-electron chi connectivity index (χ4n) is 4.24. The first-order valence-corrected chi connectivity index (χ1v) is 10.9. The largest absolute Gasteiger partial charge is 0.504 e. The first kappa shape index (κ1) is 24.5. The van der Waals surface area contributed by atoms with Crippen LogP contribution in [-0.4, -0.2) is 42.6 Å². The lowest BCUT2D eigenvalue weighted by molar-refractivity contribution is -0.140. The molecule has 0 unspecified atom stereocenters. The van der Waals surface area contributed by atoms with Crippen LogP contribution in [0.1, 0.15) is 23.5 Å². The molecule has 1 atom stereocenters. The number of fused-ring (bicyclic) bond motifs is 1. The van der Waals surface area contributed by atoms with Crippen molar-refractivity contribution in [1.29, 1.82) is 0 Å². The first-order chi connectivity index (χ1) is 17.3. The van der Waals surface area contributed by atoms with Gasteiger partial charge < -0.3 is 33.9 Å². The number of carbonyl (C=O) groups excluding carboxylic acids is 1. The van der Waals surface area contributed by atoms with E-state index in [4.69, 9.17) is 18.6 Å². The highest BCUT2D eigenvalue weighted by Gasteiger charge is 2.33. The number of benzene rings is 3. The molecule has 0 fully saturated rings. The van der Waals surface area contributed by atoms with Gasteiger partial charge in [-0.05, 0) is 6.07 Å². The summed E-state index contributed by atoms with van der Waals surface area (Å²) in [6.07, 6.45) is -0.327. The Kier molecular flexibility index (Phi) is 6.73. The maximum Gasteiger partial charge on any atom is 0.306 e. The third-order valence-corrected chi connectivity index (χ3v) is 5.95. The Morgan fingerprint density at radius 3 is 2.28 bits per heavy atom. The summed E-state index contributed by atoms with van der Waals surface area (Å²) >= 11 is 0. The van der Waals surface area contributed by atoms with E-state index in [2.05, 4.69) is 0 Å². The van der Waals surface area contributed by atoms with Gasteiger partial charge in [-0.15, -0.1) is 0 Å². The van der Waals surface area contributed by atoms with Crippen molar-refractivity contribution in [3.05, 3.63) is 75.9 Å². The zero-order valence-corrected chi connectivity index (χ0v) is 19.8. The molecule has 1 aromatic heterocycles. The number of esters is 1. The molecule has 0 radical (unpaired) electrons. The van der Waals surface area contributed by atoms with Crippen LogP contribution in [0.15, 0.2) is 63.8 Å². The summed E-state index contributed by atoms with van der Waals surface area (Å²) in [6.45, 7) is 0. The molecule has 4 rings (SSSR count). The summed E-state index contributed by atoms with van der Waals surface area (Å²) in [4.78, 5) is 25.6. The molecule has 0 aliphatic heterocycles. The summed E-state index contributed by atoms with van der Waals surface area (Å²) in [6, 6.07) is 14.9. The van der Waals surface area contributed by atoms with E-state index in [-0.39, 0.29) is 34.5 Å². The molecule has 0 spiro atoms. The smallest absolute Gasteiger partial charge is 0.306 e. The third kappa shape index (κ3) is 4.15. The van der Waals surface area contributed by atoms with Crippen LogP contribution in [0.2, 0.25) is 0 Å². The summed E-state index contributed by atoms with van der Waals surface area (Å²) in [5.74, 6) is -3.43. The highest BCUT2D eigenvalue weighted by Crippen LogP contribution is 2.51. The molecule has 0 saturated heterocycles. The molecular weight excluding hydrogens is 468 g/mol. The lowest BCUT2D eigenvalue weighted by Crippen LogP contribution is -2.13. The van der Waals surface area contributed by atoms with Gasteiger partial charge in [-0.2, -0.15) is 0 Å². The number of para-hydroxylation sites is 1. The van der Waals surface area contributed by atoms with Gasteiger partial charge in [-0.1, -0.05) is 42.5 Å². The molecule has 0 bridgehead atoms. The van der Waals surface area contributed by atoms with Crippen LogP contribution in [0.3, 0.4) is 0 Å². The number of methoxy groups -OCH3 is 3. The second-order valence-corrected chi connectivity index (χ2v) is 7.92. The van der Waals surface area contributed by atoms with E-state index in [9.17, 15) is 24.9 Å². The summed E-state index contributed by atoms with van der Waals surface area (Å²) in [5, 5.41) is 31.8. The van der Waals surface area contributed by atoms with Gasteiger partial charge in [0.15, 0.2) is 28.4 Å². The second kappa shape index (κ2) is 9.91. The number of carbonyl (C=O) groups is 1. The monoisotopic (exact) mass is 492 g/mol. The molecule has 1 heterocycles. The minimum Gasteiger partial charge on any atom is -0.504 e. The van der Waals surface area contributed by atoms with Gasteiger partial charge in [0.25, 0.3) is 0 Å². The Morgan fingerprint density at radius 2 is 1.64 bits per heavy atom. The Balaban J connectivity index is 2.13. The van der Waals surface area contributed by atoms with Gasteiger partial charge in [-0.25, -0.2) is 0 Å². The maximum atomic E-state index is 13.1. The van der Waals surface area contributed by atoms with Crippen molar-refractivity contribution in [3.8, 4) is 40.1 Å². The topological polar surface area (TPSA) is 136 Å². The van der Waals surface area contributed by atoms with Crippen molar-refractivity contribution in [2.75, 3.05) is 21.3 Å². The van der Waals surface area contributed by atoms with Gasteiger partial charge in [-0.3, -0.25) is 9.59 Å². The number of phenolic OH excluding ortho intramolecular Hbond substituents is 3. The van der Waals surface area contributed by atoms with Crippen LogP contribution in [0.5, 0.6) is 28.7 Å². The SMILES string of the molecule is COC(=O)C[C@@H](c1cccc(OC)c1OC)c1c(O)c(O)c(O)c2c(=O)cc(-c3ccccc3)oc12. The molecule has 0 saturated carbocycles. The number of rotatable bonds is 7. The minimum atomic E-state index is -1.04. The standard InChI is InChI=1S/C27H24O9/c1-33-18-11-7-10-15(26(18)35-3)16(12-20(29)34-2)21-23(30)25(32)24(31)22-17(28)13-19(36-27(21)22)14-8-5-4-6-9-14/h4-11,13,16,30-32H,12H2,1-3H3/t16-/m0/s1. The van der Waals surface area contributed by atoms with E-state index in [1.165, 1.54) is 27.4 Å². The molecule has 36 heavy (non-hydrogen) atoms. The molecule has 4 aromatic rings. The Bertz CT molecular complexity index is 1490. The number of hydrogen-bond donors (Lipinski definition) is 3. The summed E-state index contributed by atoms with van der Waals surface area (Å²) in [5.41, 5.74) is -0.00618. The number of ether oxygens (including phenoxy) is 3. The average molecular weight is 492 g/mol. The van der Waals surface area contributed by atoms with Gasteiger partial charge in [0.05, 0.1) is 27.8 Å². The Labute approximate surface area is 205 Å². The van der Waals surface area contributed by atoms with E-state index in [0.717, 1.165) is 0 Å². The maximum absolute atomic E-state index is 13.1. The van der Waals surface area contributed by atoms with Crippen molar-refractivity contribution in [2.24, 2.45) is 0 Å². The minimum absolute atomic E-state index is 0.105. The van der Waals surface area contributed by atoms with Crippen molar-refractivity contribution in [3.63, 3.8) is 0 Å². The van der Waals surface area contributed by atoms with Crippen LogP contribution in [0.4, 0.5) is 0 Å². The number of aromatic hydroxyl groups is 3. The lowest BCUT2D eigenvalue weighted by atomic mass is 9.85. The first-order valence-electron chi connectivity index (χ1n) is 10.9. The molecule has 3 N–H and O–H groups in total. The van der Waals surface area contributed by atoms with Gasteiger partial charge in [0.1, 0.15) is 16.7 Å². The zero-order chi connectivity index (χ0) is 26.0. The van der Waals surface area contributed by atoms with Crippen LogP contribution in [0.25, 0.3) is 22.3 Å². The molecule has 9 heteroatoms. The summed E-state index contributed by atoms with van der Waals surface area (Å²) < 4.78 is 21.9. The highest BCUT2D eigenvalue weighted by molar-refractivity contribution is 5.94. The van der Waals surface area contributed by atoms with Crippen LogP contribution >= 0.6 is 0 Å². The lowest BCUT2D eigenvalue weighted by Gasteiger charge is -2.23. The Hall–Kier alpha value is -4.66. The summed E-state index contributed by atoms with van der Waals surface area (Å²) in [7, 11) is 4.07. The molecule has 0 amide bonds. The Morgan fingerprint density at radius 1 is 0.917 bits per heavy atom.